The Kier molecular flexibility index (Phi) is 24.7. The summed E-state index contributed by atoms with van der Waals surface area (Å²) in [5.41, 5.74) is -0.451. The quantitative estimate of drug-likeness (QED) is 0.0500. The van der Waals surface area contributed by atoms with Crippen LogP contribution in [0.5, 0.6) is 0 Å². The molecule has 4 nitrogen and oxygen atoms in total. The first kappa shape index (κ1) is 34.3. The van der Waals surface area contributed by atoms with Gasteiger partial charge in [0.25, 0.3) is 0 Å². The average molecular weight is 559 g/mol. The van der Waals surface area contributed by atoms with Crippen molar-refractivity contribution >= 4 is 50.5 Å². The Bertz CT molecular complexity index is 371. The summed E-state index contributed by atoms with van der Waals surface area (Å²) in [5, 5.41) is 0. The molecular formula is C24H54O4S3Si2. The zero-order valence-corrected chi connectivity index (χ0v) is 27.9. The second-order valence-electron chi connectivity index (χ2n) is 8.55. The van der Waals surface area contributed by atoms with Crippen LogP contribution < -0.4 is 0 Å². The first-order valence-electron chi connectivity index (χ1n) is 13.5. The van der Waals surface area contributed by atoms with Crippen LogP contribution in [0.1, 0.15) is 91.9 Å². The standard InChI is InChI=1S/C24H54O4S3Si2/c1-7-17-25-23(32-5,26-18-8-2)15-11-13-21-29-31-30-22-14-12-16-24(33-6,27-19-9-3)28-20-10-4/h7-22,32-33H2,1-6H3. The molecule has 0 saturated heterocycles. The first-order valence-corrected chi connectivity index (χ1v) is 21.6. The molecule has 9 heteroatoms. The van der Waals surface area contributed by atoms with E-state index in [-0.39, 0.29) is 29.9 Å². The van der Waals surface area contributed by atoms with Gasteiger partial charge < -0.3 is 18.9 Å². The highest BCUT2D eigenvalue weighted by atomic mass is 33.5. The van der Waals surface area contributed by atoms with Crippen molar-refractivity contribution in [3.05, 3.63) is 0 Å². The van der Waals surface area contributed by atoms with E-state index >= 15 is 0 Å². The van der Waals surface area contributed by atoms with Crippen molar-refractivity contribution in [2.45, 2.75) is 116 Å². The molecule has 0 bridgehead atoms. The highest BCUT2D eigenvalue weighted by Crippen LogP contribution is 2.36. The van der Waals surface area contributed by atoms with Crippen molar-refractivity contribution in [2.75, 3.05) is 37.9 Å². The maximum absolute atomic E-state index is 6.20. The number of unbranched alkanes of at least 4 members (excludes halogenated alkanes) is 2. The molecule has 0 aromatic rings. The molecule has 0 N–H and O–H groups in total. The van der Waals surface area contributed by atoms with Gasteiger partial charge in [-0.25, -0.2) is 0 Å². The van der Waals surface area contributed by atoms with E-state index in [2.05, 4.69) is 40.8 Å². The first-order chi connectivity index (χ1) is 16.1. The fourth-order valence-corrected chi connectivity index (χ4v) is 10.1. The fraction of sp³-hybridized carbons (Fsp3) is 1.00. The van der Waals surface area contributed by atoms with Gasteiger partial charge in [-0.1, -0.05) is 62.4 Å². The van der Waals surface area contributed by atoms with Crippen LogP contribution in [-0.2, 0) is 18.9 Å². The summed E-state index contributed by atoms with van der Waals surface area (Å²) in [4.78, 5) is 0. The Morgan fingerprint density at radius 2 is 0.879 bits per heavy atom. The lowest BCUT2D eigenvalue weighted by Gasteiger charge is -2.33. The van der Waals surface area contributed by atoms with Crippen LogP contribution in [0.25, 0.3) is 0 Å². The molecule has 0 fully saturated rings. The Labute approximate surface area is 222 Å². The minimum absolute atomic E-state index is 0.225. The van der Waals surface area contributed by atoms with Crippen LogP contribution in [0.15, 0.2) is 0 Å². The second kappa shape index (κ2) is 23.7. The third-order valence-corrected chi connectivity index (χ3v) is 13.6. The number of hydrogen-bond donors (Lipinski definition) is 0. The molecular weight excluding hydrogens is 505 g/mol. The minimum Gasteiger partial charge on any atom is -0.354 e. The fourth-order valence-electron chi connectivity index (χ4n) is 3.50. The summed E-state index contributed by atoms with van der Waals surface area (Å²) in [5.74, 6) is 2.42. The minimum atomic E-state index is -0.374. The van der Waals surface area contributed by atoms with E-state index in [1.54, 1.807) is 0 Å². The van der Waals surface area contributed by atoms with Crippen molar-refractivity contribution in [2.24, 2.45) is 0 Å². The second-order valence-corrected chi connectivity index (χ2v) is 16.6. The van der Waals surface area contributed by atoms with E-state index in [4.69, 9.17) is 18.9 Å². The third kappa shape index (κ3) is 17.4. The molecule has 0 aromatic heterocycles. The van der Waals surface area contributed by atoms with E-state index in [9.17, 15) is 0 Å². The molecule has 0 spiro atoms. The molecule has 0 heterocycles. The van der Waals surface area contributed by atoms with Gasteiger partial charge in [0.15, 0.2) is 0 Å². The van der Waals surface area contributed by atoms with Gasteiger partial charge in [0.05, 0.1) is 19.0 Å². The molecule has 0 aromatic carbocycles. The molecule has 0 aliphatic carbocycles. The van der Waals surface area contributed by atoms with Gasteiger partial charge in [0.1, 0.15) is 10.8 Å². The van der Waals surface area contributed by atoms with Crippen LogP contribution >= 0.6 is 31.4 Å². The van der Waals surface area contributed by atoms with Gasteiger partial charge in [-0.3, -0.25) is 0 Å². The van der Waals surface area contributed by atoms with E-state index in [0.29, 0.717) is 0 Å². The maximum Gasteiger partial charge on any atom is 0.144 e. The summed E-state index contributed by atoms with van der Waals surface area (Å²) in [6.07, 6.45) is 11.3. The topological polar surface area (TPSA) is 36.9 Å². The van der Waals surface area contributed by atoms with Crippen molar-refractivity contribution in [3.8, 4) is 0 Å². The average Bonchev–Trinajstić information content (AvgIpc) is 2.85. The van der Waals surface area contributed by atoms with Gasteiger partial charge in [0.2, 0.25) is 0 Å². The zero-order chi connectivity index (χ0) is 24.7. The molecule has 0 radical (unpaired) electrons. The maximum atomic E-state index is 6.20. The largest absolute Gasteiger partial charge is 0.354 e. The summed E-state index contributed by atoms with van der Waals surface area (Å²) < 4.78 is 24.8. The van der Waals surface area contributed by atoms with Crippen LogP contribution in [0.4, 0.5) is 0 Å². The van der Waals surface area contributed by atoms with Crippen LogP contribution in [0, 0.1) is 0 Å². The van der Waals surface area contributed by atoms with Crippen molar-refractivity contribution < 1.29 is 18.9 Å². The highest BCUT2D eigenvalue weighted by molar-refractivity contribution is 9.09. The number of rotatable bonds is 26. The lowest BCUT2D eigenvalue weighted by atomic mass is 10.2. The highest BCUT2D eigenvalue weighted by Gasteiger charge is 2.30. The van der Waals surface area contributed by atoms with Crippen molar-refractivity contribution in [3.63, 3.8) is 0 Å². The molecule has 0 aliphatic heterocycles. The molecule has 0 unspecified atom stereocenters. The molecule has 0 atom stereocenters. The van der Waals surface area contributed by atoms with Gasteiger partial charge in [-0.05, 0) is 74.0 Å². The SMILES string of the molecule is CCCOC(CCCCSSSCCCCC(OCCC)(OCCC)[SiH2]C)(OCCC)[SiH2]C. The normalized spacial score (nSPS) is 13.3. The molecule has 0 rings (SSSR count). The van der Waals surface area contributed by atoms with Crippen LogP contribution in [-0.4, -0.2) is 67.8 Å². The molecule has 0 amide bonds. The van der Waals surface area contributed by atoms with Gasteiger partial charge in [0, 0.05) is 37.9 Å². The van der Waals surface area contributed by atoms with E-state index < -0.39 is 0 Å². The van der Waals surface area contributed by atoms with Crippen molar-refractivity contribution in [1.82, 2.24) is 0 Å². The molecule has 0 aliphatic rings. The summed E-state index contributed by atoms with van der Waals surface area (Å²) in [6.45, 7) is 16.6. The van der Waals surface area contributed by atoms with Crippen LogP contribution in [0.3, 0.4) is 0 Å². The smallest absolute Gasteiger partial charge is 0.144 e. The van der Waals surface area contributed by atoms with Gasteiger partial charge >= 0.3 is 0 Å². The van der Waals surface area contributed by atoms with E-state index in [1.807, 2.05) is 31.4 Å². The number of hydrogen-bond acceptors (Lipinski definition) is 7. The van der Waals surface area contributed by atoms with Gasteiger partial charge in [-0.2, -0.15) is 0 Å². The lowest BCUT2D eigenvalue weighted by molar-refractivity contribution is -0.185. The Morgan fingerprint density at radius 1 is 0.545 bits per heavy atom. The number of ether oxygens (including phenoxy) is 4. The Balaban J connectivity index is 3.96. The van der Waals surface area contributed by atoms with Crippen molar-refractivity contribution in [1.29, 1.82) is 0 Å². The van der Waals surface area contributed by atoms with Crippen LogP contribution in [0.2, 0.25) is 13.1 Å². The molecule has 33 heavy (non-hydrogen) atoms. The monoisotopic (exact) mass is 558 g/mol. The summed E-state index contributed by atoms with van der Waals surface area (Å²) in [7, 11) is 5.22. The third-order valence-electron chi connectivity index (χ3n) is 5.52. The molecule has 0 saturated carbocycles. The summed E-state index contributed by atoms with van der Waals surface area (Å²) >= 11 is 0. The summed E-state index contributed by atoms with van der Waals surface area (Å²) in [6, 6.07) is 0. The Morgan fingerprint density at radius 3 is 1.15 bits per heavy atom. The zero-order valence-electron chi connectivity index (χ0n) is 22.6. The molecule has 200 valence electrons. The van der Waals surface area contributed by atoms with E-state index in [1.165, 1.54) is 37.2 Å². The Hall–Kier alpha value is 1.32. The lowest BCUT2D eigenvalue weighted by Crippen LogP contribution is -2.41. The predicted molar refractivity (Wildman–Crippen MR) is 159 cm³/mol. The predicted octanol–water partition coefficient (Wildman–Crippen LogP) is 6.80. The van der Waals surface area contributed by atoms with E-state index in [0.717, 1.165) is 65.0 Å². The van der Waals surface area contributed by atoms with Gasteiger partial charge in [-0.15, -0.1) is 0 Å².